The maximum Gasteiger partial charge on any atom is 0.318 e. The zero-order valence-electron chi connectivity index (χ0n) is 11.2. The monoisotopic (exact) mass is 258 g/mol. The fraction of sp³-hybridized carbons (Fsp3) is 0.727. The molecule has 7 heteroatoms. The summed E-state index contributed by atoms with van der Waals surface area (Å²) in [5.41, 5.74) is 4.82. The summed E-state index contributed by atoms with van der Waals surface area (Å²) in [6, 6.07) is -0.769. The van der Waals surface area contributed by atoms with E-state index in [0.29, 0.717) is 13.1 Å². The molecule has 4 N–H and O–H groups in total. The molecule has 0 rings (SSSR count). The fourth-order valence-corrected chi connectivity index (χ4v) is 1.38. The first kappa shape index (κ1) is 16.4. The molecule has 18 heavy (non-hydrogen) atoms. The van der Waals surface area contributed by atoms with Gasteiger partial charge in [-0.25, -0.2) is 4.79 Å². The van der Waals surface area contributed by atoms with Crippen LogP contribution in [0.4, 0.5) is 4.79 Å². The van der Waals surface area contributed by atoms with E-state index >= 15 is 0 Å². The number of nitrogens with one attached hydrogen (secondary N) is 2. The van der Waals surface area contributed by atoms with Gasteiger partial charge in [-0.2, -0.15) is 0 Å². The SMILES string of the molecule is CCN(CCC(=O)NC(N)=O)CC(=O)NC(C)C. The van der Waals surface area contributed by atoms with Crippen LogP contribution in [0, 0.1) is 0 Å². The first-order valence-electron chi connectivity index (χ1n) is 5.96. The summed E-state index contributed by atoms with van der Waals surface area (Å²) in [6.07, 6.45) is 0.131. The van der Waals surface area contributed by atoms with Crippen molar-refractivity contribution < 1.29 is 14.4 Å². The molecule has 0 spiro atoms. The van der Waals surface area contributed by atoms with Gasteiger partial charge in [-0.1, -0.05) is 6.92 Å². The van der Waals surface area contributed by atoms with Gasteiger partial charge in [-0.05, 0) is 20.4 Å². The molecule has 0 aliphatic heterocycles. The van der Waals surface area contributed by atoms with Crippen molar-refractivity contribution in [1.29, 1.82) is 0 Å². The smallest absolute Gasteiger partial charge is 0.318 e. The number of hydrogen-bond acceptors (Lipinski definition) is 4. The van der Waals surface area contributed by atoms with Gasteiger partial charge in [-0.3, -0.25) is 19.8 Å². The number of urea groups is 1. The van der Waals surface area contributed by atoms with Gasteiger partial charge in [-0.15, -0.1) is 0 Å². The topological polar surface area (TPSA) is 105 Å². The number of hydrogen-bond donors (Lipinski definition) is 3. The van der Waals surface area contributed by atoms with Gasteiger partial charge in [0, 0.05) is 19.0 Å². The van der Waals surface area contributed by atoms with E-state index in [-0.39, 0.29) is 24.9 Å². The van der Waals surface area contributed by atoms with Gasteiger partial charge < -0.3 is 11.1 Å². The van der Waals surface area contributed by atoms with E-state index in [4.69, 9.17) is 5.73 Å². The second-order valence-electron chi connectivity index (χ2n) is 4.25. The predicted molar refractivity (Wildman–Crippen MR) is 67.7 cm³/mol. The molecule has 0 unspecified atom stereocenters. The molecule has 4 amide bonds. The zero-order valence-corrected chi connectivity index (χ0v) is 11.2. The van der Waals surface area contributed by atoms with Crippen LogP contribution in [-0.2, 0) is 9.59 Å². The highest BCUT2D eigenvalue weighted by atomic mass is 16.2. The molecular weight excluding hydrogens is 236 g/mol. The van der Waals surface area contributed by atoms with E-state index < -0.39 is 11.9 Å². The Balaban J connectivity index is 4.00. The Morgan fingerprint density at radius 3 is 2.28 bits per heavy atom. The van der Waals surface area contributed by atoms with Crippen LogP contribution >= 0.6 is 0 Å². The quantitative estimate of drug-likeness (QED) is 0.568. The molecule has 0 atom stereocenters. The summed E-state index contributed by atoms with van der Waals surface area (Å²) >= 11 is 0. The van der Waals surface area contributed by atoms with Crippen LogP contribution in [0.15, 0.2) is 0 Å². The van der Waals surface area contributed by atoms with Crippen molar-refractivity contribution in [1.82, 2.24) is 15.5 Å². The molecule has 0 saturated carbocycles. The molecule has 0 aromatic rings. The molecular formula is C11H22N4O3. The predicted octanol–water partition coefficient (Wildman–Crippen LogP) is -0.582. The van der Waals surface area contributed by atoms with Gasteiger partial charge in [0.2, 0.25) is 11.8 Å². The lowest BCUT2D eigenvalue weighted by molar-refractivity contribution is -0.124. The van der Waals surface area contributed by atoms with Crippen molar-refractivity contribution >= 4 is 17.8 Å². The van der Waals surface area contributed by atoms with Crippen LogP contribution in [0.5, 0.6) is 0 Å². The number of nitrogens with two attached hydrogens (primary N) is 1. The highest BCUT2D eigenvalue weighted by molar-refractivity contribution is 5.93. The van der Waals surface area contributed by atoms with E-state index in [1.54, 1.807) is 0 Å². The highest BCUT2D eigenvalue weighted by Crippen LogP contribution is 1.92. The largest absolute Gasteiger partial charge is 0.353 e. The number of primary amides is 1. The standard InChI is InChI=1S/C11H22N4O3/c1-4-15(7-10(17)13-8(2)3)6-5-9(16)14-11(12)18/h8H,4-7H2,1-3H3,(H,13,17)(H3,12,14,16,18). The zero-order chi connectivity index (χ0) is 14.1. The van der Waals surface area contributed by atoms with Crippen LogP contribution in [0.25, 0.3) is 0 Å². The summed E-state index contributed by atoms with van der Waals surface area (Å²) < 4.78 is 0. The van der Waals surface area contributed by atoms with Gasteiger partial charge in [0.1, 0.15) is 0 Å². The summed E-state index contributed by atoms with van der Waals surface area (Å²) in [5, 5.41) is 4.75. The van der Waals surface area contributed by atoms with Crippen molar-refractivity contribution in [2.24, 2.45) is 5.73 Å². The van der Waals surface area contributed by atoms with E-state index in [0.717, 1.165) is 0 Å². The number of nitrogens with zero attached hydrogens (tertiary/aromatic N) is 1. The molecule has 0 aliphatic rings. The maximum absolute atomic E-state index is 11.5. The lowest BCUT2D eigenvalue weighted by Crippen LogP contribution is -2.42. The minimum absolute atomic E-state index is 0.0813. The molecule has 0 aliphatic carbocycles. The third-order valence-electron chi connectivity index (χ3n) is 2.18. The third kappa shape index (κ3) is 8.51. The maximum atomic E-state index is 11.5. The van der Waals surface area contributed by atoms with Crippen molar-refractivity contribution in [2.75, 3.05) is 19.6 Å². The average molecular weight is 258 g/mol. The van der Waals surface area contributed by atoms with E-state index in [2.05, 4.69) is 5.32 Å². The molecule has 0 fully saturated rings. The number of amides is 4. The van der Waals surface area contributed by atoms with Crippen molar-refractivity contribution in [2.45, 2.75) is 33.2 Å². The molecule has 0 bridgehead atoms. The summed E-state index contributed by atoms with van der Waals surface area (Å²) in [4.78, 5) is 35.0. The highest BCUT2D eigenvalue weighted by Gasteiger charge is 2.12. The molecule has 7 nitrogen and oxygen atoms in total. The molecule has 0 heterocycles. The normalized spacial score (nSPS) is 10.5. The molecule has 0 radical (unpaired) electrons. The first-order valence-corrected chi connectivity index (χ1v) is 5.96. The molecule has 0 aromatic heterocycles. The molecule has 0 aromatic carbocycles. The second-order valence-corrected chi connectivity index (χ2v) is 4.25. The lowest BCUT2D eigenvalue weighted by Gasteiger charge is -2.20. The van der Waals surface area contributed by atoms with Crippen LogP contribution in [0.2, 0.25) is 0 Å². The summed E-state index contributed by atoms with van der Waals surface area (Å²) in [6.45, 7) is 6.95. The van der Waals surface area contributed by atoms with Gasteiger partial charge in [0.15, 0.2) is 0 Å². The first-order chi connectivity index (χ1) is 8.35. The van der Waals surface area contributed by atoms with Crippen LogP contribution in [-0.4, -0.2) is 48.4 Å². The Bertz CT molecular complexity index is 305. The van der Waals surface area contributed by atoms with Crippen LogP contribution in [0.1, 0.15) is 27.2 Å². The van der Waals surface area contributed by atoms with Crippen molar-refractivity contribution in [3.63, 3.8) is 0 Å². The Hall–Kier alpha value is -1.63. The van der Waals surface area contributed by atoms with Crippen LogP contribution in [0.3, 0.4) is 0 Å². The van der Waals surface area contributed by atoms with E-state index in [1.165, 1.54) is 0 Å². The minimum atomic E-state index is -0.861. The molecule has 104 valence electrons. The van der Waals surface area contributed by atoms with Gasteiger partial charge in [0.05, 0.1) is 6.54 Å². The Morgan fingerprint density at radius 1 is 1.22 bits per heavy atom. The number of rotatable bonds is 7. The van der Waals surface area contributed by atoms with E-state index in [1.807, 2.05) is 31.0 Å². The number of carbonyl (C=O) groups excluding carboxylic acids is 3. The van der Waals surface area contributed by atoms with Gasteiger partial charge >= 0.3 is 6.03 Å². The number of carbonyl (C=O) groups is 3. The fourth-order valence-electron chi connectivity index (χ4n) is 1.38. The Morgan fingerprint density at radius 2 is 1.83 bits per heavy atom. The van der Waals surface area contributed by atoms with E-state index in [9.17, 15) is 14.4 Å². The van der Waals surface area contributed by atoms with Crippen molar-refractivity contribution in [3.05, 3.63) is 0 Å². The third-order valence-corrected chi connectivity index (χ3v) is 2.18. The van der Waals surface area contributed by atoms with Crippen LogP contribution < -0.4 is 16.4 Å². The summed E-state index contributed by atoms with van der Waals surface area (Å²) in [5.74, 6) is -0.521. The number of imide groups is 1. The van der Waals surface area contributed by atoms with Crippen molar-refractivity contribution in [3.8, 4) is 0 Å². The minimum Gasteiger partial charge on any atom is -0.353 e. The second kappa shape index (κ2) is 8.46. The number of likely N-dealkylation sites (N-methyl/N-ethyl adjacent to an activating group) is 1. The lowest BCUT2D eigenvalue weighted by atomic mass is 10.3. The molecule has 0 saturated heterocycles. The Kier molecular flexibility index (Phi) is 7.69. The Labute approximate surface area is 107 Å². The summed E-state index contributed by atoms with van der Waals surface area (Å²) in [7, 11) is 0. The van der Waals surface area contributed by atoms with Gasteiger partial charge in [0.25, 0.3) is 0 Å². The average Bonchev–Trinajstić information content (AvgIpc) is 2.21.